The fourth-order valence-electron chi connectivity index (χ4n) is 4.56. The first-order valence-electron chi connectivity index (χ1n) is 12.1. The summed E-state index contributed by atoms with van der Waals surface area (Å²) in [5.74, 6) is 1.83. The lowest BCUT2D eigenvalue weighted by atomic mass is 10.1. The van der Waals surface area contributed by atoms with Crippen LogP contribution in [0.3, 0.4) is 0 Å². The number of nitrogens with zero attached hydrogens (tertiary/aromatic N) is 3. The van der Waals surface area contributed by atoms with Crippen LogP contribution in [0.15, 0.2) is 24.3 Å². The molecule has 1 aromatic heterocycles. The van der Waals surface area contributed by atoms with Crippen molar-refractivity contribution in [3.8, 4) is 11.5 Å². The summed E-state index contributed by atoms with van der Waals surface area (Å²) in [7, 11) is 0. The molecule has 4 rings (SSSR count). The molecule has 1 N–H and O–H groups in total. The van der Waals surface area contributed by atoms with Crippen molar-refractivity contribution in [3.63, 3.8) is 0 Å². The molecule has 180 valence electrons. The van der Waals surface area contributed by atoms with Crippen molar-refractivity contribution in [1.29, 1.82) is 0 Å². The summed E-state index contributed by atoms with van der Waals surface area (Å²) in [5.41, 5.74) is 2.56. The van der Waals surface area contributed by atoms with Gasteiger partial charge < -0.3 is 19.1 Å². The number of hydrogen-bond acceptors (Lipinski definition) is 6. The molecule has 3 heterocycles. The molecule has 2 aliphatic heterocycles. The highest BCUT2D eigenvalue weighted by Gasteiger charge is 2.30. The molecular formula is C25H36N4O4. The quantitative estimate of drug-likeness (QED) is 0.759. The van der Waals surface area contributed by atoms with E-state index in [1.807, 2.05) is 30.0 Å². The van der Waals surface area contributed by atoms with E-state index in [1.165, 1.54) is 0 Å². The molecule has 1 aromatic carbocycles. The first-order chi connectivity index (χ1) is 16.1. The second-order valence-electron chi connectivity index (χ2n) is 9.02. The zero-order chi connectivity index (χ0) is 23.2. The number of para-hydroxylation sites is 1. The molecule has 0 spiro atoms. The van der Waals surface area contributed by atoms with Gasteiger partial charge in [0.05, 0.1) is 19.8 Å². The highest BCUT2D eigenvalue weighted by molar-refractivity contribution is 5.92. The van der Waals surface area contributed by atoms with Crippen molar-refractivity contribution >= 4 is 5.91 Å². The monoisotopic (exact) mass is 456 g/mol. The van der Waals surface area contributed by atoms with Gasteiger partial charge in [-0.05, 0) is 44.4 Å². The minimum atomic E-state index is -0.0428. The molecule has 0 radical (unpaired) electrons. The van der Waals surface area contributed by atoms with Gasteiger partial charge in [-0.25, -0.2) is 0 Å². The lowest BCUT2D eigenvalue weighted by Gasteiger charge is -2.31. The number of rotatable bonds is 4. The molecule has 0 unspecified atom stereocenters. The molecule has 0 bridgehead atoms. The van der Waals surface area contributed by atoms with Crippen LogP contribution in [0.2, 0.25) is 0 Å². The van der Waals surface area contributed by atoms with Gasteiger partial charge in [-0.1, -0.05) is 26.0 Å². The number of ether oxygens (including phenoxy) is 3. The second-order valence-corrected chi connectivity index (χ2v) is 9.02. The van der Waals surface area contributed by atoms with E-state index in [1.54, 1.807) is 0 Å². The normalized spacial score (nSPS) is 20.2. The number of aromatic nitrogens is 2. The van der Waals surface area contributed by atoms with Crippen LogP contribution in [0.5, 0.6) is 11.5 Å². The van der Waals surface area contributed by atoms with Gasteiger partial charge in [-0.2, -0.15) is 5.10 Å². The van der Waals surface area contributed by atoms with E-state index >= 15 is 0 Å². The number of aromatic amines is 1. The van der Waals surface area contributed by atoms with Crippen molar-refractivity contribution in [1.82, 2.24) is 20.0 Å². The molecule has 2 aromatic rings. The van der Waals surface area contributed by atoms with Crippen molar-refractivity contribution in [2.75, 3.05) is 46.1 Å². The van der Waals surface area contributed by atoms with Crippen LogP contribution >= 0.6 is 0 Å². The lowest BCUT2D eigenvalue weighted by molar-refractivity contribution is 0.0534. The maximum Gasteiger partial charge on any atom is 0.274 e. The summed E-state index contributed by atoms with van der Waals surface area (Å²) in [6.45, 7) is 11.1. The van der Waals surface area contributed by atoms with Gasteiger partial charge in [0.25, 0.3) is 5.91 Å². The third-order valence-corrected chi connectivity index (χ3v) is 6.37. The predicted molar refractivity (Wildman–Crippen MR) is 126 cm³/mol. The number of nitrogens with one attached hydrogen (secondary N) is 1. The molecule has 8 heteroatoms. The zero-order valence-corrected chi connectivity index (χ0v) is 20.0. The van der Waals surface area contributed by atoms with Crippen molar-refractivity contribution < 1.29 is 19.0 Å². The predicted octanol–water partition coefficient (Wildman–Crippen LogP) is 3.45. The van der Waals surface area contributed by atoms with Crippen LogP contribution in [0.4, 0.5) is 0 Å². The Labute approximate surface area is 196 Å². The average molecular weight is 457 g/mol. The smallest absolute Gasteiger partial charge is 0.274 e. The number of fused-ring (bicyclic) bond motifs is 2. The summed E-state index contributed by atoms with van der Waals surface area (Å²) in [6.07, 6.45) is 2.17. The maximum atomic E-state index is 13.4. The number of H-pyrrole nitrogens is 1. The van der Waals surface area contributed by atoms with Crippen molar-refractivity contribution in [2.45, 2.75) is 52.1 Å². The van der Waals surface area contributed by atoms with Gasteiger partial charge >= 0.3 is 0 Å². The first-order valence-corrected chi connectivity index (χ1v) is 12.1. The summed E-state index contributed by atoms with van der Waals surface area (Å²) >= 11 is 0. The van der Waals surface area contributed by atoms with Crippen LogP contribution in [0.25, 0.3) is 0 Å². The topological polar surface area (TPSA) is 79.9 Å². The van der Waals surface area contributed by atoms with E-state index in [4.69, 9.17) is 14.2 Å². The Hall–Kier alpha value is -2.58. The minimum Gasteiger partial charge on any atom is -0.490 e. The average Bonchev–Trinajstić information content (AvgIpc) is 3.46. The molecule has 0 aliphatic carbocycles. The van der Waals surface area contributed by atoms with Crippen LogP contribution in [-0.4, -0.2) is 78.0 Å². The van der Waals surface area contributed by atoms with Crippen LogP contribution in [-0.2, 0) is 11.3 Å². The number of benzene rings is 1. The standard InChI is InChI=1S/C25H36N4O4/c1-4-32-23-9-5-7-19-16-28-10-6-8-20(28)17-29(11-12-31-13-14-33-24(19)23)25(30)22-15-21(18(2)3)26-27-22/h5,7,9,15,18,20H,4,6,8,10-14,16-17H2,1-3H3,(H,26,27)/t20-/m0/s1. The third-order valence-electron chi connectivity index (χ3n) is 6.37. The van der Waals surface area contributed by atoms with E-state index < -0.39 is 0 Å². The molecule has 1 atom stereocenters. The first kappa shape index (κ1) is 23.6. The molecule has 1 fully saturated rings. The number of amides is 1. The van der Waals surface area contributed by atoms with Crippen LogP contribution in [0, 0.1) is 0 Å². The maximum absolute atomic E-state index is 13.4. The van der Waals surface area contributed by atoms with E-state index in [-0.39, 0.29) is 11.9 Å². The highest BCUT2D eigenvalue weighted by Crippen LogP contribution is 2.34. The second kappa shape index (κ2) is 11.0. The van der Waals surface area contributed by atoms with Crippen LogP contribution < -0.4 is 9.47 Å². The molecule has 2 aliphatic rings. The Morgan fingerprint density at radius 2 is 2.15 bits per heavy atom. The summed E-state index contributed by atoms with van der Waals surface area (Å²) in [6, 6.07) is 8.24. The SMILES string of the molecule is CCOc1cccc2c1OCCOCCN(C(=O)c1cc(C(C)C)[nH]n1)C[C@@H]1CCCN1C2. The fraction of sp³-hybridized carbons (Fsp3) is 0.600. The Balaban J connectivity index is 1.56. The van der Waals surface area contributed by atoms with Crippen LogP contribution in [0.1, 0.15) is 61.3 Å². The Kier molecular flexibility index (Phi) is 7.88. The Morgan fingerprint density at radius 1 is 1.27 bits per heavy atom. The molecular weight excluding hydrogens is 420 g/mol. The molecule has 1 amide bonds. The van der Waals surface area contributed by atoms with Crippen molar-refractivity contribution in [2.24, 2.45) is 0 Å². The summed E-state index contributed by atoms with van der Waals surface area (Å²) < 4.78 is 17.8. The zero-order valence-electron chi connectivity index (χ0n) is 20.0. The van der Waals surface area contributed by atoms with E-state index in [0.717, 1.165) is 48.7 Å². The van der Waals surface area contributed by atoms with Crippen molar-refractivity contribution in [3.05, 3.63) is 41.2 Å². The molecule has 0 saturated carbocycles. The highest BCUT2D eigenvalue weighted by atomic mass is 16.5. The number of hydrogen-bond donors (Lipinski definition) is 1. The summed E-state index contributed by atoms with van der Waals surface area (Å²) in [5, 5.41) is 7.30. The Bertz CT molecular complexity index is 929. The van der Waals surface area contributed by atoms with E-state index in [2.05, 4.69) is 35.0 Å². The largest absolute Gasteiger partial charge is 0.490 e. The van der Waals surface area contributed by atoms with Gasteiger partial charge in [0.1, 0.15) is 12.3 Å². The van der Waals surface area contributed by atoms with Gasteiger partial charge in [-0.15, -0.1) is 0 Å². The summed E-state index contributed by atoms with van der Waals surface area (Å²) in [4.78, 5) is 17.7. The van der Waals surface area contributed by atoms with Gasteiger partial charge in [0.2, 0.25) is 0 Å². The molecule has 8 nitrogen and oxygen atoms in total. The van der Waals surface area contributed by atoms with E-state index in [9.17, 15) is 4.79 Å². The van der Waals surface area contributed by atoms with Gasteiger partial charge in [-0.3, -0.25) is 14.8 Å². The Morgan fingerprint density at radius 3 is 2.94 bits per heavy atom. The fourth-order valence-corrected chi connectivity index (χ4v) is 4.56. The van der Waals surface area contributed by atoms with E-state index in [0.29, 0.717) is 51.1 Å². The molecule has 33 heavy (non-hydrogen) atoms. The number of carbonyl (C=O) groups excluding carboxylic acids is 1. The number of carbonyl (C=O) groups is 1. The molecule has 1 saturated heterocycles. The third kappa shape index (κ3) is 5.68. The minimum absolute atomic E-state index is 0.0428. The van der Waals surface area contributed by atoms with Gasteiger partial charge in [0.15, 0.2) is 11.5 Å². The lowest BCUT2D eigenvalue weighted by Crippen LogP contribution is -2.44. The van der Waals surface area contributed by atoms with Gasteiger partial charge in [0, 0.05) is 36.9 Å².